The zero-order valence-corrected chi connectivity index (χ0v) is 12.7. The van der Waals surface area contributed by atoms with E-state index in [0.29, 0.717) is 6.04 Å². The van der Waals surface area contributed by atoms with Crippen LogP contribution in [0.25, 0.3) is 0 Å². The maximum absolute atomic E-state index is 9.80. The van der Waals surface area contributed by atoms with E-state index in [2.05, 4.69) is 52.0 Å². The molecule has 3 nitrogen and oxygen atoms in total. The van der Waals surface area contributed by atoms with E-state index in [1.165, 1.54) is 8.66 Å². The highest BCUT2D eigenvalue weighted by Crippen LogP contribution is 2.27. The molecule has 0 saturated carbocycles. The van der Waals surface area contributed by atoms with Gasteiger partial charge in [0.25, 0.3) is 0 Å². The molecule has 1 aromatic heterocycles. The van der Waals surface area contributed by atoms with Crippen molar-refractivity contribution >= 4 is 27.3 Å². The fourth-order valence-corrected chi connectivity index (χ4v) is 3.91. The Kier molecular flexibility index (Phi) is 4.60. The number of rotatable bonds is 4. The standard InChI is InChI=1S/C12H19BrN2OS/c1-14(2)6-9-5-10(16)7-15(9)8-11-3-4-12(13)17-11/h3-4,9-10,16H,5-8H2,1-2H3. The molecule has 2 unspecified atom stereocenters. The van der Waals surface area contributed by atoms with Crippen molar-refractivity contribution in [3.63, 3.8) is 0 Å². The van der Waals surface area contributed by atoms with Crippen molar-refractivity contribution in [1.29, 1.82) is 0 Å². The molecule has 96 valence electrons. The summed E-state index contributed by atoms with van der Waals surface area (Å²) in [4.78, 5) is 5.94. The number of likely N-dealkylation sites (N-methyl/N-ethyl adjacent to an activating group) is 1. The van der Waals surface area contributed by atoms with Crippen LogP contribution in [0, 0.1) is 0 Å². The van der Waals surface area contributed by atoms with E-state index in [9.17, 15) is 5.11 Å². The van der Waals surface area contributed by atoms with Gasteiger partial charge in [0.1, 0.15) is 0 Å². The van der Waals surface area contributed by atoms with Gasteiger partial charge in [0.15, 0.2) is 0 Å². The molecule has 0 amide bonds. The average Bonchev–Trinajstić information content (AvgIpc) is 2.74. The summed E-state index contributed by atoms with van der Waals surface area (Å²) in [6.45, 7) is 2.77. The molecular formula is C12H19BrN2OS. The molecule has 1 saturated heterocycles. The summed E-state index contributed by atoms with van der Waals surface area (Å²) in [6.07, 6.45) is 0.730. The van der Waals surface area contributed by atoms with Gasteiger partial charge in [-0.25, -0.2) is 0 Å². The molecule has 1 aromatic rings. The van der Waals surface area contributed by atoms with Crippen LogP contribution in [-0.2, 0) is 6.54 Å². The number of halogens is 1. The number of aliphatic hydroxyl groups is 1. The maximum atomic E-state index is 9.80. The van der Waals surface area contributed by atoms with Gasteiger partial charge >= 0.3 is 0 Å². The van der Waals surface area contributed by atoms with E-state index in [4.69, 9.17) is 0 Å². The lowest BCUT2D eigenvalue weighted by molar-refractivity contribution is 0.170. The fraction of sp³-hybridized carbons (Fsp3) is 0.667. The predicted molar refractivity (Wildman–Crippen MR) is 75.4 cm³/mol. The SMILES string of the molecule is CN(C)CC1CC(O)CN1Cc1ccc(Br)s1. The molecule has 1 fully saturated rings. The Morgan fingerprint density at radius 2 is 2.29 bits per heavy atom. The molecule has 0 radical (unpaired) electrons. The molecule has 2 atom stereocenters. The van der Waals surface area contributed by atoms with Gasteiger partial charge in [-0.05, 0) is 48.6 Å². The molecule has 1 N–H and O–H groups in total. The topological polar surface area (TPSA) is 26.7 Å². The Labute approximate surface area is 115 Å². The van der Waals surface area contributed by atoms with Gasteiger partial charge in [0, 0.05) is 30.6 Å². The summed E-state index contributed by atoms with van der Waals surface area (Å²) in [7, 11) is 4.18. The summed E-state index contributed by atoms with van der Waals surface area (Å²) >= 11 is 5.27. The molecular weight excluding hydrogens is 300 g/mol. The van der Waals surface area contributed by atoms with Crippen LogP contribution in [0.15, 0.2) is 15.9 Å². The Balaban J connectivity index is 1.98. The van der Waals surface area contributed by atoms with Gasteiger partial charge in [0.05, 0.1) is 9.89 Å². The minimum absolute atomic E-state index is 0.164. The minimum atomic E-state index is -0.164. The summed E-state index contributed by atoms with van der Waals surface area (Å²) in [5.74, 6) is 0. The van der Waals surface area contributed by atoms with Crippen molar-refractivity contribution < 1.29 is 5.11 Å². The number of β-amino-alcohol motifs (C(OH)–C–C–N with tert-alkyl or cyclic N) is 1. The smallest absolute Gasteiger partial charge is 0.0701 e. The van der Waals surface area contributed by atoms with Crippen molar-refractivity contribution in [3.8, 4) is 0 Å². The van der Waals surface area contributed by atoms with E-state index < -0.39 is 0 Å². The second-order valence-electron chi connectivity index (χ2n) is 4.94. The fourth-order valence-electron chi connectivity index (χ4n) is 2.40. The third-order valence-electron chi connectivity index (χ3n) is 3.07. The Bertz CT molecular complexity index is 369. The highest BCUT2D eigenvalue weighted by Gasteiger charge is 2.31. The van der Waals surface area contributed by atoms with Gasteiger partial charge < -0.3 is 10.0 Å². The minimum Gasteiger partial charge on any atom is -0.392 e. The molecule has 0 bridgehead atoms. The molecule has 2 rings (SSSR count). The Hall–Kier alpha value is 0.0600. The first kappa shape index (κ1) is 13.5. The van der Waals surface area contributed by atoms with E-state index in [1.807, 2.05) is 0 Å². The van der Waals surface area contributed by atoms with Gasteiger partial charge in [-0.2, -0.15) is 0 Å². The van der Waals surface area contributed by atoms with Crippen molar-refractivity contribution in [3.05, 3.63) is 20.8 Å². The van der Waals surface area contributed by atoms with Crippen LogP contribution in [0.2, 0.25) is 0 Å². The van der Waals surface area contributed by atoms with Crippen LogP contribution >= 0.6 is 27.3 Å². The lowest BCUT2D eigenvalue weighted by Crippen LogP contribution is -2.36. The first-order chi connectivity index (χ1) is 8.04. The van der Waals surface area contributed by atoms with Crippen LogP contribution < -0.4 is 0 Å². The number of hydrogen-bond acceptors (Lipinski definition) is 4. The lowest BCUT2D eigenvalue weighted by atomic mass is 10.2. The van der Waals surface area contributed by atoms with Crippen molar-refractivity contribution in [1.82, 2.24) is 9.80 Å². The molecule has 5 heteroatoms. The van der Waals surface area contributed by atoms with E-state index in [1.54, 1.807) is 11.3 Å². The van der Waals surface area contributed by atoms with Crippen LogP contribution in [0.1, 0.15) is 11.3 Å². The van der Waals surface area contributed by atoms with E-state index >= 15 is 0 Å². The highest BCUT2D eigenvalue weighted by atomic mass is 79.9. The number of thiophene rings is 1. The second kappa shape index (κ2) is 5.80. The molecule has 0 aliphatic carbocycles. The number of likely N-dealkylation sites (tertiary alicyclic amines) is 1. The van der Waals surface area contributed by atoms with E-state index in [0.717, 1.165) is 26.1 Å². The third kappa shape index (κ3) is 3.76. The zero-order chi connectivity index (χ0) is 12.4. The summed E-state index contributed by atoms with van der Waals surface area (Å²) in [5.41, 5.74) is 0. The largest absolute Gasteiger partial charge is 0.392 e. The third-order valence-corrected chi connectivity index (χ3v) is 4.68. The summed E-state index contributed by atoms with van der Waals surface area (Å²) in [5, 5.41) is 9.80. The first-order valence-electron chi connectivity index (χ1n) is 5.85. The molecule has 0 spiro atoms. The summed E-state index contributed by atoms with van der Waals surface area (Å²) in [6, 6.07) is 4.72. The Morgan fingerprint density at radius 3 is 2.88 bits per heavy atom. The monoisotopic (exact) mass is 318 g/mol. The summed E-state index contributed by atoms with van der Waals surface area (Å²) < 4.78 is 1.18. The highest BCUT2D eigenvalue weighted by molar-refractivity contribution is 9.11. The van der Waals surface area contributed by atoms with Crippen LogP contribution in [-0.4, -0.2) is 54.2 Å². The maximum Gasteiger partial charge on any atom is 0.0701 e. The molecule has 1 aliphatic rings. The van der Waals surface area contributed by atoms with Crippen molar-refractivity contribution in [2.45, 2.75) is 25.1 Å². The van der Waals surface area contributed by atoms with Crippen LogP contribution in [0.4, 0.5) is 0 Å². The van der Waals surface area contributed by atoms with Crippen LogP contribution in [0.5, 0.6) is 0 Å². The van der Waals surface area contributed by atoms with Gasteiger partial charge in [-0.15, -0.1) is 11.3 Å². The predicted octanol–water partition coefficient (Wildman–Crippen LogP) is 2.01. The quantitative estimate of drug-likeness (QED) is 0.920. The molecule has 17 heavy (non-hydrogen) atoms. The van der Waals surface area contributed by atoms with Crippen molar-refractivity contribution in [2.75, 3.05) is 27.2 Å². The molecule has 1 aliphatic heterocycles. The lowest BCUT2D eigenvalue weighted by Gasteiger charge is -2.26. The second-order valence-corrected chi connectivity index (χ2v) is 7.49. The van der Waals surface area contributed by atoms with Gasteiger partial charge in [0.2, 0.25) is 0 Å². The molecule has 0 aromatic carbocycles. The average molecular weight is 319 g/mol. The number of hydrogen-bond donors (Lipinski definition) is 1. The Morgan fingerprint density at radius 1 is 1.53 bits per heavy atom. The van der Waals surface area contributed by atoms with Crippen LogP contribution in [0.3, 0.4) is 0 Å². The number of aliphatic hydroxyl groups excluding tert-OH is 1. The number of nitrogens with zero attached hydrogens (tertiary/aromatic N) is 2. The van der Waals surface area contributed by atoms with E-state index in [-0.39, 0.29) is 6.10 Å². The van der Waals surface area contributed by atoms with Crippen molar-refractivity contribution in [2.24, 2.45) is 0 Å². The van der Waals surface area contributed by atoms with Gasteiger partial charge in [-0.1, -0.05) is 0 Å². The first-order valence-corrected chi connectivity index (χ1v) is 7.46. The normalized spacial score (nSPS) is 25.9. The molecule has 2 heterocycles. The van der Waals surface area contributed by atoms with Gasteiger partial charge in [-0.3, -0.25) is 4.90 Å². The zero-order valence-electron chi connectivity index (χ0n) is 10.3.